The van der Waals surface area contributed by atoms with Crippen LogP contribution in [0.3, 0.4) is 0 Å². The van der Waals surface area contributed by atoms with Gasteiger partial charge in [-0.05, 0) is 24.6 Å². The molecule has 6 heteroatoms. The fraction of sp³-hybridized carbons (Fsp3) is 0.261. The Balaban J connectivity index is 1.70. The largest absolute Gasteiger partial charge is 0.308 e. The van der Waals surface area contributed by atoms with Crippen LogP contribution in [-0.2, 0) is 9.59 Å². The van der Waals surface area contributed by atoms with E-state index in [2.05, 4.69) is 6.92 Å². The lowest BCUT2D eigenvalue weighted by atomic mass is 10.1. The van der Waals surface area contributed by atoms with Gasteiger partial charge in [0.05, 0.1) is 21.9 Å². The second-order valence-corrected chi connectivity index (χ2v) is 8.73. The lowest BCUT2D eigenvalue weighted by Crippen LogP contribution is -2.29. The van der Waals surface area contributed by atoms with Crippen molar-refractivity contribution in [3.05, 3.63) is 65.1 Å². The molecule has 2 heterocycles. The molecule has 148 valence electrons. The van der Waals surface area contributed by atoms with Crippen LogP contribution in [0, 0.1) is 0 Å². The lowest BCUT2D eigenvalue weighted by Gasteiger charge is -2.17. The fourth-order valence-corrected chi connectivity index (χ4v) is 5.11. The molecule has 0 spiro atoms. The van der Waals surface area contributed by atoms with Crippen LogP contribution in [0.1, 0.15) is 38.2 Å². The summed E-state index contributed by atoms with van der Waals surface area (Å²) in [5.41, 5.74) is 2.91. The van der Waals surface area contributed by atoms with Crippen molar-refractivity contribution in [2.24, 2.45) is 0 Å². The van der Waals surface area contributed by atoms with Gasteiger partial charge >= 0.3 is 0 Å². The van der Waals surface area contributed by atoms with Crippen LogP contribution in [0.15, 0.2) is 59.5 Å². The molecule has 0 saturated carbocycles. The standard InChI is InChI=1S/C23H22N2O2S2/c1-2-3-4-10-15-24-18-14-9-8-13-17(18)19(21(24)26)20-22(27)25(23(28)29-20)16-11-6-5-7-12-16/h5-9,11-14H,2-4,10,15H2,1H3. The van der Waals surface area contributed by atoms with Crippen LogP contribution in [0.5, 0.6) is 0 Å². The SMILES string of the molecule is CCCCCCN1C(=O)C(=C2SC(=S)N(c3ccccc3)C2=O)c2ccccc21. The summed E-state index contributed by atoms with van der Waals surface area (Å²) in [6.45, 7) is 2.83. The van der Waals surface area contributed by atoms with E-state index in [0.29, 0.717) is 21.3 Å². The number of para-hydroxylation sites is 2. The second-order valence-electron chi connectivity index (χ2n) is 7.08. The number of thioether (sulfide) groups is 1. The molecule has 0 N–H and O–H groups in total. The first-order valence-electron chi connectivity index (χ1n) is 9.90. The summed E-state index contributed by atoms with van der Waals surface area (Å²) in [4.78, 5) is 30.4. The van der Waals surface area contributed by atoms with Crippen molar-refractivity contribution >= 4 is 57.1 Å². The Morgan fingerprint density at radius 2 is 1.62 bits per heavy atom. The monoisotopic (exact) mass is 422 g/mol. The van der Waals surface area contributed by atoms with E-state index in [-0.39, 0.29) is 11.8 Å². The number of fused-ring (bicyclic) bond motifs is 1. The first-order chi connectivity index (χ1) is 14.1. The molecule has 2 aliphatic heterocycles. The van der Waals surface area contributed by atoms with Crippen molar-refractivity contribution < 1.29 is 9.59 Å². The van der Waals surface area contributed by atoms with Gasteiger partial charge in [0, 0.05) is 12.1 Å². The summed E-state index contributed by atoms with van der Waals surface area (Å²) in [5.74, 6) is -0.326. The Labute approximate surface area is 180 Å². The minimum atomic E-state index is -0.225. The molecular formula is C23H22N2O2S2. The Kier molecular flexibility index (Phi) is 5.83. The molecule has 0 atom stereocenters. The molecule has 29 heavy (non-hydrogen) atoms. The van der Waals surface area contributed by atoms with Gasteiger partial charge in [0.1, 0.15) is 0 Å². The molecular weight excluding hydrogens is 400 g/mol. The van der Waals surface area contributed by atoms with Crippen LogP contribution < -0.4 is 9.80 Å². The van der Waals surface area contributed by atoms with Gasteiger partial charge < -0.3 is 4.90 Å². The molecule has 0 aromatic heterocycles. The second kappa shape index (κ2) is 8.51. The third kappa shape index (κ3) is 3.63. The van der Waals surface area contributed by atoms with E-state index in [9.17, 15) is 9.59 Å². The van der Waals surface area contributed by atoms with Crippen molar-refractivity contribution in [1.82, 2.24) is 0 Å². The third-order valence-corrected chi connectivity index (χ3v) is 6.54. The molecule has 1 fully saturated rings. The number of rotatable bonds is 6. The highest BCUT2D eigenvalue weighted by atomic mass is 32.2. The highest BCUT2D eigenvalue weighted by molar-refractivity contribution is 8.27. The molecule has 0 bridgehead atoms. The van der Waals surface area contributed by atoms with E-state index in [0.717, 1.165) is 42.6 Å². The molecule has 0 unspecified atom stereocenters. The molecule has 0 aliphatic carbocycles. The topological polar surface area (TPSA) is 40.6 Å². The van der Waals surface area contributed by atoms with Gasteiger partial charge in [-0.15, -0.1) is 0 Å². The van der Waals surface area contributed by atoms with Crippen LogP contribution in [0.25, 0.3) is 5.57 Å². The number of carbonyl (C=O) groups is 2. The minimum absolute atomic E-state index is 0.101. The van der Waals surface area contributed by atoms with Crippen LogP contribution in [-0.4, -0.2) is 22.7 Å². The van der Waals surface area contributed by atoms with E-state index in [1.165, 1.54) is 16.7 Å². The van der Waals surface area contributed by atoms with Gasteiger partial charge in [-0.3, -0.25) is 14.5 Å². The molecule has 4 nitrogen and oxygen atoms in total. The van der Waals surface area contributed by atoms with Gasteiger partial charge in [-0.2, -0.15) is 0 Å². The normalized spacial score (nSPS) is 18.7. The molecule has 0 radical (unpaired) electrons. The first-order valence-corrected chi connectivity index (χ1v) is 11.1. The van der Waals surface area contributed by atoms with E-state index in [1.54, 1.807) is 0 Å². The van der Waals surface area contributed by atoms with Crippen LogP contribution >= 0.6 is 24.0 Å². The molecule has 2 amide bonds. The van der Waals surface area contributed by atoms with Crippen molar-refractivity contribution in [2.45, 2.75) is 32.6 Å². The number of amides is 2. The summed E-state index contributed by atoms with van der Waals surface area (Å²) in [6, 6.07) is 17.1. The predicted octanol–water partition coefficient (Wildman–Crippen LogP) is 5.39. The highest BCUT2D eigenvalue weighted by Gasteiger charge is 2.42. The predicted molar refractivity (Wildman–Crippen MR) is 124 cm³/mol. The zero-order chi connectivity index (χ0) is 20.4. The number of hydrogen-bond donors (Lipinski definition) is 0. The number of nitrogens with zero attached hydrogens (tertiary/aromatic N) is 2. The minimum Gasteiger partial charge on any atom is -0.308 e. The van der Waals surface area contributed by atoms with Gasteiger partial charge in [0.15, 0.2) is 4.32 Å². The van der Waals surface area contributed by atoms with E-state index >= 15 is 0 Å². The number of unbranched alkanes of at least 4 members (excludes halogenated alkanes) is 3. The van der Waals surface area contributed by atoms with Crippen LogP contribution in [0.4, 0.5) is 11.4 Å². The summed E-state index contributed by atoms with van der Waals surface area (Å²) in [6.07, 6.45) is 4.35. The molecule has 2 aromatic rings. The van der Waals surface area contributed by atoms with Crippen molar-refractivity contribution in [3.8, 4) is 0 Å². The lowest BCUT2D eigenvalue weighted by molar-refractivity contribution is -0.115. The number of anilines is 2. The quantitative estimate of drug-likeness (QED) is 0.356. The van der Waals surface area contributed by atoms with Gasteiger partial charge in [0.2, 0.25) is 0 Å². The third-order valence-electron chi connectivity index (χ3n) is 5.17. The number of carbonyl (C=O) groups excluding carboxylic acids is 2. The Bertz CT molecular complexity index is 1000. The highest BCUT2D eigenvalue weighted by Crippen LogP contribution is 2.45. The smallest absolute Gasteiger partial charge is 0.271 e. The maximum Gasteiger partial charge on any atom is 0.271 e. The van der Waals surface area contributed by atoms with Gasteiger partial charge in [-0.25, -0.2) is 0 Å². The zero-order valence-corrected chi connectivity index (χ0v) is 17.9. The zero-order valence-electron chi connectivity index (χ0n) is 16.3. The van der Waals surface area contributed by atoms with E-state index in [1.807, 2.05) is 59.5 Å². The molecule has 2 aromatic carbocycles. The van der Waals surface area contributed by atoms with E-state index < -0.39 is 0 Å². The summed E-state index contributed by atoms with van der Waals surface area (Å²) in [7, 11) is 0. The average Bonchev–Trinajstić information content (AvgIpc) is 3.18. The average molecular weight is 423 g/mol. The molecule has 2 aliphatic rings. The Morgan fingerprint density at radius 1 is 0.897 bits per heavy atom. The van der Waals surface area contributed by atoms with Gasteiger partial charge in [-0.1, -0.05) is 86.6 Å². The Hall–Kier alpha value is -2.44. The Morgan fingerprint density at radius 3 is 2.38 bits per heavy atom. The van der Waals surface area contributed by atoms with Crippen LogP contribution in [0.2, 0.25) is 0 Å². The summed E-state index contributed by atoms with van der Waals surface area (Å²) >= 11 is 6.70. The summed E-state index contributed by atoms with van der Waals surface area (Å²) < 4.78 is 0.454. The molecule has 4 rings (SSSR count). The van der Waals surface area contributed by atoms with Gasteiger partial charge in [0.25, 0.3) is 11.8 Å². The van der Waals surface area contributed by atoms with E-state index in [4.69, 9.17) is 12.2 Å². The summed E-state index contributed by atoms with van der Waals surface area (Å²) in [5, 5.41) is 0. The van der Waals surface area contributed by atoms with Crippen molar-refractivity contribution in [2.75, 3.05) is 16.3 Å². The number of benzene rings is 2. The molecule has 1 saturated heterocycles. The maximum atomic E-state index is 13.3. The van der Waals surface area contributed by atoms with Crippen molar-refractivity contribution in [3.63, 3.8) is 0 Å². The first kappa shape index (κ1) is 19.9. The maximum absolute atomic E-state index is 13.3. The number of hydrogen-bond acceptors (Lipinski definition) is 4. The fourth-order valence-electron chi connectivity index (χ4n) is 3.74. The van der Waals surface area contributed by atoms with Crippen molar-refractivity contribution in [1.29, 1.82) is 0 Å². The number of thiocarbonyl (C=S) groups is 1.